The van der Waals surface area contributed by atoms with Crippen LogP contribution in [0.5, 0.6) is 5.75 Å². The minimum absolute atomic E-state index is 0.209. The first-order valence-electron chi connectivity index (χ1n) is 5.60. The SMILES string of the molecule is COc1cc(C)c(S(=O)(=O)NC(C)CO)cc1C. The highest BCUT2D eigenvalue weighted by Crippen LogP contribution is 2.25. The van der Waals surface area contributed by atoms with Crippen molar-refractivity contribution in [1.82, 2.24) is 4.72 Å². The van der Waals surface area contributed by atoms with Crippen molar-refractivity contribution in [3.63, 3.8) is 0 Å². The van der Waals surface area contributed by atoms with Crippen LogP contribution >= 0.6 is 0 Å². The Kier molecular flexibility index (Phi) is 4.72. The van der Waals surface area contributed by atoms with Crippen LogP contribution in [0.1, 0.15) is 18.1 Å². The van der Waals surface area contributed by atoms with E-state index in [-0.39, 0.29) is 11.5 Å². The van der Waals surface area contributed by atoms with Crippen LogP contribution in [0.25, 0.3) is 0 Å². The zero-order valence-electron chi connectivity index (χ0n) is 11.0. The Hall–Kier alpha value is -1.11. The Morgan fingerprint density at radius 3 is 2.44 bits per heavy atom. The van der Waals surface area contributed by atoms with Gasteiger partial charge in [0.25, 0.3) is 0 Å². The van der Waals surface area contributed by atoms with Crippen LogP contribution in [0.15, 0.2) is 17.0 Å². The van der Waals surface area contributed by atoms with E-state index in [2.05, 4.69) is 4.72 Å². The number of hydrogen-bond acceptors (Lipinski definition) is 4. The second-order valence-corrected chi connectivity index (χ2v) is 5.97. The molecule has 0 aliphatic rings. The van der Waals surface area contributed by atoms with E-state index in [1.165, 1.54) is 0 Å². The fourth-order valence-electron chi connectivity index (χ4n) is 1.64. The summed E-state index contributed by atoms with van der Waals surface area (Å²) in [6.07, 6.45) is 0. The molecule has 0 saturated heterocycles. The molecule has 6 heteroatoms. The van der Waals surface area contributed by atoms with Crippen LogP contribution in [0.4, 0.5) is 0 Å². The molecule has 0 amide bonds. The number of aliphatic hydroxyl groups is 1. The first-order chi connectivity index (χ1) is 8.31. The fourth-order valence-corrected chi connectivity index (χ4v) is 3.18. The van der Waals surface area contributed by atoms with Gasteiger partial charge in [-0.1, -0.05) is 0 Å². The molecule has 1 aromatic rings. The summed E-state index contributed by atoms with van der Waals surface area (Å²) in [5.74, 6) is 0.654. The maximum absolute atomic E-state index is 12.1. The molecule has 1 atom stereocenters. The van der Waals surface area contributed by atoms with Gasteiger partial charge in [-0.05, 0) is 44.0 Å². The van der Waals surface area contributed by atoms with Gasteiger partial charge in [-0.25, -0.2) is 13.1 Å². The molecule has 2 N–H and O–H groups in total. The van der Waals surface area contributed by atoms with Crippen LogP contribution in [0.3, 0.4) is 0 Å². The molecule has 0 spiro atoms. The van der Waals surface area contributed by atoms with E-state index in [4.69, 9.17) is 9.84 Å². The third-order valence-electron chi connectivity index (χ3n) is 2.61. The van der Waals surface area contributed by atoms with Crippen LogP contribution in [0, 0.1) is 13.8 Å². The highest BCUT2D eigenvalue weighted by Gasteiger charge is 2.20. The summed E-state index contributed by atoms with van der Waals surface area (Å²) in [5.41, 5.74) is 1.36. The fraction of sp³-hybridized carbons (Fsp3) is 0.500. The third kappa shape index (κ3) is 3.22. The van der Waals surface area contributed by atoms with Crippen molar-refractivity contribution in [2.75, 3.05) is 13.7 Å². The largest absolute Gasteiger partial charge is 0.496 e. The maximum Gasteiger partial charge on any atom is 0.241 e. The number of rotatable bonds is 5. The normalized spacial score (nSPS) is 13.4. The number of nitrogens with one attached hydrogen (secondary N) is 1. The van der Waals surface area contributed by atoms with E-state index < -0.39 is 16.1 Å². The van der Waals surface area contributed by atoms with Crippen molar-refractivity contribution < 1.29 is 18.3 Å². The molecule has 1 aromatic carbocycles. The summed E-state index contributed by atoms with van der Waals surface area (Å²) >= 11 is 0. The first kappa shape index (κ1) is 14.9. The number of sulfonamides is 1. The van der Waals surface area contributed by atoms with Crippen LogP contribution in [-0.2, 0) is 10.0 Å². The molecule has 5 nitrogen and oxygen atoms in total. The van der Waals surface area contributed by atoms with Crippen LogP contribution < -0.4 is 9.46 Å². The van der Waals surface area contributed by atoms with Gasteiger partial charge in [0, 0.05) is 6.04 Å². The first-order valence-corrected chi connectivity index (χ1v) is 7.08. The van der Waals surface area contributed by atoms with E-state index in [9.17, 15) is 8.42 Å². The number of ether oxygens (including phenoxy) is 1. The van der Waals surface area contributed by atoms with Crippen LogP contribution in [-0.4, -0.2) is 33.3 Å². The van der Waals surface area contributed by atoms with E-state index in [0.717, 1.165) is 5.56 Å². The molecule has 0 bridgehead atoms. The number of aryl methyl sites for hydroxylation is 2. The average molecular weight is 273 g/mol. The van der Waals surface area contributed by atoms with Crippen molar-refractivity contribution in [2.45, 2.75) is 31.7 Å². The van der Waals surface area contributed by atoms with Gasteiger partial charge in [0.1, 0.15) is 5.75 Å². The van der Waals surface area contributed by atoms with Crippen molar-refractivity contribution >= 4 is 10.0 Å². The predicted octanol–water partition coefficient (Wildman–Crippen LogP) is 0.971. The molecule has 1 unspecified atom stereocenters. The molecular formula is C12H19NO4S. The molecule has 0 saturated carbocycles. The second-order valence-electron chi connectivity index (χ2n) is 4.29. The summed E-state index contributed by atoms with van der Waals surface area (Å²) in [4.78, 5) is 0.209. The Labute approximate surface area is 108 Å². The van der Waals surface area contributed by atoms with E-state index in [1.807, 2.05) is 0 Å². The van der Waals surface area contributed by atoms with E-state index >= 15 is 0 Å². The quantitative estimate of drug-likeness (QED) is 0.838. The zero-order valence-corrected chi connectivity index (χ0v) is 11.8. The molecule has 0 aliphatic carbocycles. The molecule has 18 heavy (non-hydrogen) atoms. The lowest BCUT2D eigenvalue weighted by Gasteiger charge is -2.15. The van der Waals surface area contributed by atoms with Gasteiger partial charge in [0.2, 0.25) is 10.0 Å². The maximum atomic E-state index is 12.1. The van der Waals surface area contributed by atoms with Gasteiger partial charge < -0.3 is 9.84 Å². The van der Waals surface area contributed by atoms with Crippen molar-refractivity contribution in [3.05, 3.63) is 23.3 Å². The van der Waals surface area contributed by atoms with Crippen molar-refractivity contribution in [2.24, 2.45) is 0 Å². The summed E-state index contributed by atoms with van der Waals surface area (Å²) in [5, 5.41) is 8.90. The predicted molar refractivity (Wildman–Crippen MR) is 69.3 cm³/mol. The molecule has 0 aliphatic heterocycles. The number of aliphatic hydroxyl groups excluding tert-OH is 1. The number of hydrogen-bond donors (Lipinski definition) is 2. The Morgan fingerprint density at radius 1 is 1.33 bits per heavy atom. The minimum atomic E-state index is -3.62. The highest BCUT2D eigenvalue weighted by molar-refractivity contribution is 7.89. The van der Waals surface area contributed by atoms with Gasteiger partial charge in [-0.2, -0.15) is 0 Å². The summed E-state index contributed by atoms with van der Waals surface area (Å²) in [6, 6.07) is 2.74. The molecule has 102 valence electrons. The lowest BCUT2D eigenvalue weighted by Crippen LogP contribution is -2.35. The van der Waals surface area contributed by atoms with Gasteiger partial charge in [0.15, 0.2) is 0 Å². The monoisotopic (exact) mass is 273 g/mol. The smallest absolute Gasteiger partial charge is 0.241 e. The van der Waals surface area contributed by atoms with E-state index in [1.54, 1.807) is 40.0 Å². The molecule has 0 radical (unpaired) electrons. The third-order valence-corrected chi connectivity index (χ3v) is 4.34. The molecular weight excluding hydrogens is 254 g/mol. The van der Waals surface area contributed by atoms with Gasteiger partial charge >= 0.3 is 0 Å². The zero-order chi connectivity index (χ0) is 13.9. The topological polar surface area (TPSA) is 75.6 Å². The lowest BCUT2D eigenvalue weighted by atomic mass is 10.1. The lowest BCUT2D eigenvalue weighted by molar-refractivity contribution is 0.265. The molecule has 0 aromatic heterocycles. The van der Waals surface area contributed by atoms with E-state index in [0.29, 0.717) is 11.3 Å². The van der Waals surface area contributed by atoms with Crippen molar-refractivity contribution in [3.8, 4) is 5.75 Å². The minimum Gasteiger partial charge on any atom is -0.496 e. The second kappa shape index (κ2) is 5.69. The summed E-state index contributed by atoms with van der Waals surface area (Å²) < 4.78 is 31.8. The van der Waals surface area contributed by atoms with Gasteiger partial charge in [-0.15, -0.1) is 0 Å². The summed E-state index contributed by atoms with van der Waals surface area (Å²) in [7, 11) is -2.07. The summed E-state index contributed by atoms with van der Waals surface area (Å²) in [6.45, 7) is 4.85. The molecule has 0 heterocycles. The molecule has 1 rings (SSSR count). The van der Waals surface area contributed by atoms with Gasteiger partial charge in [-0.3, -0.25) is 0 Å². The van der Waals surface area contributed by atoms with Gasteiger partial charge in [0.05, 0.1) is 18.6 Å². The molecule has 0 fully saturated rings. The number of methoxy groups -OCH3 is 1. The highest BCUT2D eigenvalue weighted by atomic mass is 32.2. The standard InChI is InChI=1S/C12H19NO4S/c1-8-6-12(9(2)5-11(8)17-4)18(15,16)13-10(3)7-14/h5-6,10,13-14H,7H2,1-4H3. The average Bonchev–Trinajstić information content (AvgIpc) is 2.30. The number of benzene rings is 1. The Bertz CT molecular complexity index is 525. The Morgan fingerprint density at radius 2 is 1.94 bits per heavy atom. The van der Waals surface area contributed by atoms with Crippen molar-refractivity contribution in [1.29, 1.82) is 0 Å². The van der Waals surface area contributed by atoms with Crippen LogP contribution in [0.2, 0.25) is 0 Å². The Balaban J connectivity index is 3.21.